The van der Waals surface area contributed by atoms with Gasteiger partial charge in [0.2, 0.25) is 0 Å². The second kappa shape index (κ2) is 4.17. The zero-order chi connectivity index (χ0) is 11.7. The molecule has 0 saturated heterocycles. The Labute approximate surface area is 101 Å². The molecule has 2 aromatic rings. The fourth-order valence-electron chi connectivity index (χ4n) is 2.60. The van der Waals surface area contributed by atoms with E-state index in [0.29, 0.717) is 11.7 Å². The molecule has 3 nitrogen and oxygen atoms in total. The van der Waals surface area contributed by atoms with E-state index in [0.717, 1.165) is 12.8 Å². The Balaban J connectivity index is 1.84. The molecule has 1 atom stereocenters. The largest absolute Gasteiger partial charge is 0.384 e. The minimum Gasteiger partial charge on any atom is -0.384 e. The SMILES string of the molecule is Nc1cc(CC2CCc3cccnc32)ccn1. The maximum atomic E-state index is 5.70. The molecule has 0 spiro atoms. The van der Waals surface area contributed by atoms with Crippen LogP contribution in [0.4, 0.5) is 5.82 Å². The summed E-state index contributed by atoms with van der Waals surface area (Å²) in [6, 6.07) is 8.20. The first-order valence-corrected chi connectivity index (χ1v) is 5.97. The molecule has 86 valence electrons. The first kappa shape index (κ1) is 10.3. The Morgan fingerprint density at radius 2 is 2.18 bits per heavy atom. The van der Waals surface area contributed by atoms with E-state index < -0.39 is 0 Å². The standard InChI is InChI=1S/C14H15N3/c15-13-9-10(5-7-16-13)8-12-4-3-11-2-1-6-17-14(11)12/h1-2,5-7,9,12H,3-4,8H2,(H2,15,16). The lowest BCUT2D eigenvalue weighted by atomic mass is 9.97. The molecule has 3 heteroatoms. The van der Waals surface area contributed by atoms with Crippen LogP contribution in [0.3, 0.4) is 0 Å². The second-order valence-corrected chi connectivity index (χ2v) is 4.58. The molecule has 0 saturated carbocycles. The summed E-state index contributed by atoms with van der Waals surface area (Å²) >= 11 is 0. The van der Waals surface area contributed by atoms with Gasteiger partial charge in [-0.05, 0) is 48.6 Å². The first-order valence-electron chi connectivity index (χ1n) is 5.97. The molecule has 2 aromatic heterocycles. The van der Waals surface area contributed by atoms with Crippen molar-refractivity contribution in [1.29, 1.82) is 0 Å². The van der Waals surface area contributed by atoms with Crippen LogP contribution in [0.25, 0.3) is 0 Å². The summed E-state index contributed by atoms with van der Waals surface area (Å²) in [5.74, 6) is 1.13. The van der Waals surface area contributed by atoms with Gasteiger partial charge in [0.15, 0.2) is 0 Å². The Morgan fingerprint density at radius 1 is 1.24 bits per heavy atom. The molecule has 2 heterocycles. The number of fused-ring (bicyclic) bond motifs is 1. The highest BCUT2D eigenvalue weighted by atomic mass is 14.8. The fraction of sp³-hybridized carbons (Fsp3) is 0.286. The molecule has 0 aromatic carbocycles. The molecule has 1 unspecified atom stereocenters. The minimum atomic E-state index is 0.535. The van der Waals surface area contributed by atoms with Crippen molar-refractivity contribution < 1.29 is 0 Å². The van der Waals surface area contributed by atoms with Crippen LogP contribution in [0.1, 0.15) is 29.2 Å². The van der Waals surface area contributed by atoms with Crippen LogP contribution < -0.4 is 5.73 Å². The van der Waals surface area contributed by atoms with Crippen molar-refractivity contribution in [3.63, 3.8) is 0 Å². The number of rotatable bonds is 2. The normalized spacial score (nSPS) is 18.0. The number of nitrogens with zero attached hydrogens (tertiary/aromatic N) is 2. The van der Waals surface area contributed by atoms with E-state index in [1.54, 1.807) is 6.20 Å². The van der Waals surface area contributed by atoms with E-state index in [9.17, 15) is 0 Å². The Bertz CT molecular complexity index is 536. The molecule has 17 heavy (non-hydrogen) atoms. The molecular weight excluding hydrogens is 210 g/mol. The molecule has 0 fully saturated rings. The van der Waals surface area contributed by atoms with Crippen LogP contribution in [0.15, 0.2) is 36.7 Å². The van der Waals surface area contributed by atoms with Crippen molar-refractivity contribution in [2.24, 2.45) is 0 Å². The van der Waals surface area contributed by atoms with Crippen LogP contribution in [0.5, 0.6) is 0 Å². The van der Waals surface area contributed by atoms with Crippen LogP contribution in [-0.4, -0.2) is 9.97 Å². The number of pyridine rings is 2. The molecule has 0 amide bonds. The van der Waals surface area contributed by atoms with Crippen molar-refractivity contribution >= 4 is 5.82 Å². The van der Waals surface area contributed by atoms with E-state index in [4.69, 9.17) is 5.73 Å². The predicted molar refractivity (Wildman–Crippen MR) is 67.7 cm³/mol. The van der Waals surface area contributed by atoms with Crippen LogP contribution in [-0.2, 0) is 12.8 Å². The maximum absolute atomic E-state index is 5.70. The van der Waals surface area contributed by atoms with Crippen molar-refractivity contribution in [3.05, 3.63) is 53.5 Å². The number of anilines is 1. The van der Waals surface area contributed by atoms with Gasteiger partial charge in [0.05, 0.1) is 0 Å². The van der Waals surface area contributed by atoms with E-state index in [2.05, 4.69) is 16.0 Å². The molecule has 3 rings (SSSR count). The van der Waals surface area contributed by atoms with Crippen LogP contribution in [0, 0.1) is 0 Å². The van der Waals surface area contributed by atoms with Crippen molar-refractivity contribution in [2.75, 3.05) is 5.73 Å². The zero-order valence-corrected chi connectivity index (χ0v) is 9.63. The van der Waals surface area contributed by atoms with E-state index in [-0.39, 0.29) is 0 Å². The van der Waals surface area contributed by atoms with Gasteiger partial charge in [0, 0.05) is 24.0 Å². The Kier molecular flexibility index (Phi) is 2.52. The third-order valence-electron chi connectivity index (χ3n) is 3.40. The number of aromatic nitrogens is 2. The average Bonchev–Trinajstić information content (AvgIpc) is 2.73. The van der Waals surface area contributed by atoms with E-state index >= 15 is 0 Å². The van der Waals surface area contributed by atoms with Gasteiger partial charge in [0.1, 0.15) is 5.82 Å². The number of nitrogens with two attached hydrogens (primary N) is 1. The van der Waals surface area contributed by atoms with Gasteiger partial charge in [-0.2, -0.15) is 0 Å². The summed E-state index contributed by atoms with van der Waals surface area (Å²) in [7, 11) is 0. The Hall–Kier alpha value is -1.90. The lowest BCUT2D eigenvalue weighted by molar-refractivity contribution is 0.660. The van der Waals surface area contributed by atoms with Gasteiger partial charge >= 0.3 is 0 Å². The van der Waals surface area contributed by atoms with Gasteiger partial charge in [-0.3, -0.25) is 4.98 Å². The summed E-state index contributed by atoms with van der Waals surface area (Å²) < 4.78 is 0. The number of aryl methyl sites for hydroxylation is 1. The molecule has 0 aliphatic heterocycles. The average molecular weight is 225 g/mol. The first-order chi connectivity index (χ1) is 8.33. The molecule has 0 bridgehead atoms. The highest BCUT2D eigenvalue weighted by Gasteiger charge is 2.23. The van der Waals surface area contributed by atoms with E-state index in [1.165, 1.54) is 23.2 Å². The molecular formula is C14H15N3. The van der Waals surface area contributed by atoms with Gasteiger partial charge < -0.3 is 5.73 Å². The van der Waals surface area contributed by atoms with Gasteiger partial charge in [-0.25, -0.2) is 4.98 Å². The highest BCUT2D eigenvalue weighted by Crippen LogP contribution is 2.33. The molecule has 0 radical (unpaired) electrons. The second-order valence-electron chi connectivity index (χ2n) is 4.58. The summed E-state index contributed by atoms with van der Waals surface area (Å²) in [5.41, 5.74) is 9.62. The van der Waals surface area contributed by atoms with Gasteiger partial charge in [-0.15, -0.1) is 0 Å². The third-order valence-corrected chi connectivity index (χ3v) is 3.40. The summed E-state index contributed by atoms with van der Waals surface area (Å²) in [6.07, 6.45) is 7.01. The minimum absolute atomic E-state index is 0.535. The maximum Gasteiger partial charge on any atom is 0.123 e. The number of hydrogen-bond acceptors (Lipinski definition) is 3. The van der Waals surface area contributed by atoms with Gasteiger partial charge in [-0.1, -0.05) is 6.07 Å². The number of hydrogen-bond donors (Lipinski definition) is 1. The summed E-state index contributed by atoms with van der Waals surface area (Å²) in [4.78, 5) is 8.53. The molecule has 1 aliphatic carbocycles. The summed E-state index contributed by atoms with van der Waals surface area (Å²) in [5, 5.41) is 0. The lowest BCUT2D eigenvalue weighted by Gasteiger charge is -2.10. The predicted octanol–water partition coefficient (Wildman–Crippen LogP) is 2.33. The van der Waals surface area contributed by atoms with Gasteiger partial charge in [0.25, 0.3) is 0 Å². The van der Waals surface area contributed by atoms with Crippen LogP contribution >= 0.6 is 0 Å². The fourth-order valence-corrected chi connectivity index (χ4v) is 2.60. The monoisotopic (exact) mass is 225 g/mol. The quantitative estimate of drug-likeness (QED) is 0.853. The van der Waals surface area contributed by atoms with Crippen LogP contribution in [0.2, 0.25) is 0 Å². The molecule has 1 aliphatic rings. The van der Waals surface area contributed by atoms with Crippen molar-refractivity contribution in [3.8, 4) is 0 Å². The molecule has 2 N–H and O–H groups in total. The summed E-state index contributed by atoms with van der Waals surface area (Å²) in [6.45, 7) is 0. The van der Waals surface area contributed by atoms with E-state index in [1.807, 2.05) is 24.4 Å². The smallest absolute Gasteiger partial charge is 0.123 e. The highest BCUT2D eigenvalue weighted by molar-refractivity contribution is 5.35. The zero-order valence-electron chi connectivity index (χ0n) is 9.63. The van der Waals surface area contributed by atoms with Crippen molar-refractivity contribution in [1.82, 2.24) is 9.97 Å². The Morgan fingerprint density at radius 3 is 3.06 bits per heavy atom. The lowest BCUT2D eigenvalue weighted by Crippen LogP contribution is -2.02. The number of nitrogen functional groups attached to an aromatic ring is 1. The third kappa shape index (κ3) is 2.00. The topological polar surface area (TPSA) is 51.8 Å². The van der Waals surface area contributed by atoms with Crippen molar-refractivity contribution in [2.45, 2.75) is 25.2 Å².